The minimum atomic E-state index is -0.0819. The highest BCUT2D eigenvalue weighted by molar-refractivity contribution is 7.95. The molecule has 0 bridgehead atoms. The standard InChI is InChI=1S/C21H24ClN3OS/c1-14(2)21(26)25-13-16(12-23-27-24(3)4)18-10-9-15(11-20(18)25)17-7-5-6-8-19(17)22/h5-11,13-14,23H,12H2,1-4H3. The van der Waals surface area contributed by atoms with Crippen LogP contribution in [0.5, 0.6) is 0 Å². The van der Waals surface area contributed by atoms with Crippen molar-refractivity contribution in [2.75, 3.05) is 14.1 Å². The summed E-state index contributed by atoms with van der Waals surface area (Å²) in [5.74, 6) is 0.00403. The van der Waals surface area contributed by atoms with Crippen molar-refractivity contribution >= 4 is 40.5 Å². The van der Waals surface area contributed by atoms with Gasteiger partial charge >= 0.3 is 0 Å². The Bertz CT molecular complexity index is 965. The van der Waals surface area contributed by atoms with Crippen LogP contribution in [0, 0.1) is 5.92 Å². The first-order valence-corrected chi connectivity index (χ1v) is 10.0. The number of carbonyl (C=O) groups is 1. The molecule has 1 heterocycles. The number of nitrogens with one attached hydrogen (secondary N) is 1. The van der Waals surface area contributed by atoms with Crippen LogP contribution in [0.4, 0.5) is 0 Å². The van der Waals surface area contributed by atoms with E-state index in [1.54, 1.807) is 4.57 Å². The minimum absolute atomic E-state index is 0.0819. The van der Waals surface area contributed by atoms with Gasteiger partial charge in [0.1, 0.15) is 0 Å². The number of aromatic nitrogens is 1. The van der Waals surface area contributed by atoms with Crippen LogP contribution in [-0.2, 0) is 6.54 Å². The van der Waals surface area contributed by atoms with Crippen LogP contribution in [0.25, 0.3) is 22.0 Å². The van der Waals surface area contributed by atoms with Gasteiger partial charge in [0.25, 0.3) is 0 Å². The van der Waals surface area contributed by atoms with Gasteiger partial charge in [-0.15, -0.1) is 0 Å². The molecule has 142 valence electrons. The van der Waals surface area contributed by atoms with Crippen LogP contribution < -0.4 is 4.72 Å². The molecule has 0 radical (unpaired) electrons. The lowest BCUT2D eigenvalue weighted by molar-refractivity contribution is 0.0860. The van der Waals surface area contributed by atoms with Gasteiger partial charge in [-0.05, 0) is 37.4 Å². The van der Waals surface area contributed by atoms with Crippen LogP contribution in [0.1, 0.15) is 24.2 Å². The second-order valence-corrected chi connectivity index (χ2v) is 8.56. The predicted molar refractivity (Wildman–Crippen MR) is 116 cm³/mol. The molecular weight excluding hydrogens is 378 g/mol. The zero-order valence-corrected chi connectivity index (χ0v) is 17.6. The van der Waals surface area contributed by atoms with Gasteiger partial charge < -0.3 is 0 Å². The Morgan fingerprint density at radius 1 is 1.22 bits per heavy atom. The quantitative estimate of drug-likeness (QED) is 0.555. The lowest BCUT2D eigenvalue weighted by atomic mass is 10.0. The van der Waals surface area contributed by atoms with E-state index in [1.165, 1.54) is 12.1 Å². The Balaban J connectivity index is 2.08. The number of hydrogen-bond donors (Lipinski definition) is 1. The molecule has 0 saturated heterocycles. The molecule has 1 aromatic heterocycles. The van der Waals surface area contributed by atoms with Crippen LogP contribution in [0.2, 0.25) is 5.02 Å². The Hall–Kier alpha value is -1.79. The second kappa shape index (κ2) is 8.48. The third-order valence-corrected chi connectivity index (χ3v) is 5.28. The van der Waals surface area contributed by atoms with Crippen molar-refractivity contribution in [3.8, 4) is 11.1 Å². The average molecular weight is 402 g/mol. The van der Waals surface area contributed by atoms with E-state index >= 15 is 0 Å². The normalized spacial score (nSPS) is 11.7. The summed E-state index contributed by atoms with van der Waals surface area (Å²) in [5, 5.41) is 1.78. The molecule has 2 aromatic carbocycles. The van der Waals surface area contributed by atoms with Crippen LogP contribution >= 0.6 is 23.7 Å². The summed E-state index contributed by atoms with van der Waals surface area (Å²) in [6, 6.07) is 14.0. The fourth-order valence-electron chi connectivity index (χ4n) is 3.00. The van der Waals surface area contributed by atoms with Gasteiger partial charge in [-0.3, -0.25) is 9.36 Å². The van der Waals surface area contributed by atoms with Crippen LogP contribution in [0.3, 0.4) is 0 Å². The predicted octanol–water partition coefficient (Wildman–Crippen LogP) is 5.47. The highest BCUT2D eigenvalue weighted by Crippen LogP contribution is 2.32. The first-order valence-electron chi connectivity index (χ1n) is 8.88. The summed E-state index contributed by atoms with van der Waals surface area (Å²) in [6.07, 6.45) is 1.95. The molecule has 3 aromatic rings. The van der Waals surface area contributed by atoms with Crippen LogP contribution in [-0.4, -0.2) is 28.9 Å². The Morgan fingerprint density at radius 3 is 2.63 bits per heavy atom. The summed E-state index contributed by atoms with van der Waals surface area (Å²) >= 11 is 7.91. The average Bonchev–Trinajstić information content (AvgIpc) is 2.99. The minimum Gasteiger partial charge on any atom is -0.287 e. The maximum atomic E-state index is 12.8. The number of carbonyl (C=O) groups excluding carboxylic acids is 1. The number of nitrogens with zero attached hydrogens (tertiary/aromatic N) is 2. The van der Waals surface area contributed by atoms with Gasteiger partial charge in [0.05, 0.1) is 5.52 Å². The SMILES string of the molecule is CC(C)C(=O)n1cc(CNSN(C)C)c2ccc(-c3ccccc3Cl)cc21. The lowest BCUT2D eigenvalue weighted by Gasteiger charge is -2.09. The maximum Gasteiger partial charge on any atom is 0.233 e. The molecule has 0 aliphatic rings. The van der Waals surface area contributed by atoms with Gasteiger partial charge in [-0.1, -0.05) is 55.8 Å². The van der Waals surface area contributed by atoms with Crippen molar-refractivity contribution in [1.82, 2.24) is 13.6 Å². The first kappa shape index (κ1) is 20.0. The molecule has 27 heavy (non-hydrogen) atoms. The molecule has 4 nitrogen and oxygen atoms in total. The number of rotatable bonds is 6. The van der Waals surface area contributed by atoms with E-state index in [9.17, 15) is 4.79 Å². The molecule has 1 N–H and O–H groups in total. The molecule has 0 spiro atoms. The summed E-state index contributed by atoms with van der Waals surface area (Å²) in [6.45, 7) is 4.51. The van der Waals surface area contributed by atoms with E-state index in [0.717, 1.165) is 27.6 Å². The van der Waals surface area contributed by atoms with Crippen molar-refractivity contribution < 1.29 is 4.79 Å². The highest BCUT2D eigenvalue weighted by atomic mass is 35.5. The van der Waals surface area contributed by atoms with Gasteiger partial charge in [0, 0.05) is 46.8 Å². The Kier molecular flexibility index (Phi) is 6.27. The Labute approximate surface area is 169 Å². The molecule has 6 heteroatoms. The molecule has 0 saturated carbocycles. The second-order valence-electron chi connectivity index (χ2n) is 6.95. The largest absolute Gasteiger partial charge is 0.287 e. The lowest BCUT2D eigenvalue weighted by Crippen LogP contribution is -2.16. The van der Waals surface area contributed by atoms with E-state index in [-0.39, 0.29) is 11.8 Å². The van der Waals surface area contributed by atoms with E-state index in [0.29, 0.717) is 11.6 Å². The molecule has 0 atom stereocenters. The van der Waals surface area contributed by atoms with Gasteiger partial charge in [-0.25, -0.2) is 9.03 Å². The maximum absolute atomic E-state index is 12.8. The number of fused-ring (bicyclic) bond motifs is 1. The third kappa shape index (κ3) is 4.38. The summed E-state index contributed by atoms with van der Waals surface area (Å²) in [5.41, 5.74) is 3.98. The molecule has 0 unspecified atom stereocenters. The fraction of sp³-hybridized carbons (Fsp3) is 0.286. The molecule has 0 aliphatic heterocycles. The van der Waals surface area contributed by atoms with Crippen molar-refractivity contribution in [3.05, 3.63) is 59.2 Å². The van der Waals surface area contributed by atoms with Crippen LogP contribution in [0.15, 0.2) is 48.7 Å². The molecule has 3 rings (SSSR count). The molecule has 0 aliphatic carbocycles. The van der Waals surface area contributed by atoms with Crippen molar-refractivity contribution in [2.45, 2.75) is 20.4 Å². The highest BCUT2D eigenvalue weighted by Gasteiger charge is 2.17. The van der Waals surface area contributed by atoms with Gasteiger partial charge in [0.2, 0.25) is 5.91 Å². The zero-order chi connectivity index (χ0) is 19.6. The summed E-state index contributed by atoms with van der Waals surface area (Å²) in [7, 11) is 3.97. The van der Waals surface area contributed by atoms with Crippen molar-refractivity contribution in [3.63, 3.8) is 0 Å². The number of hydrogen-bond acceptors (Lipinski definition) is 4. The van der Waals surface area contributed by atoms with E-state index in [1.807, 2.05) is 62.7 Å². The number of halogens is 1. The number of benzene rings is 2. The third-order valence-electron chi connectivity index (χ3n) is 4.31. The van der Waals surface area contributed by atoms with Gasteiger partial charge in [0.15, 0.2) is 0 Å². The monoisotopic (exact) mass is 401 g/mol. The Morgan fingerprint density at radius 2 is 1.96 bits per heavy atom. The topological polar surface area (TPSA) is 37.3 Å². The van der Waals surface area contributed by atoms with E-state index in [4.69, 9.17) is 11.6 Å². The smallest absolute Gasteiger partial charge is 0.233 e. The first-order chi connectivity index (χ1) is 12.9. The van der Waals surface area contributed by atoms with Crippen molar-refractivity contribution in [2.24, 2.45) is 5.92 Å². The summed E-state index contributed by atoms with van der Waals surface area (Å²) < 4.78 is 7.10. The van der Waals surface area contributed by atoms with E-state index in [2.05, 4.69) is 22.9 Å². The van der Waals surface area contributed by atoms with Gasteiger partial charge in [-0.2, -0.15) is 0 Å². The molecular formula is C21H24ClN3OS. The summed E-state index contributed by atoms with van der Waals surface area (Å²) in [4.78, 5) is 12.8. The zero-order valence-electron chi connectivity index (χ0n) is 16.0. The molecule has 0 amide bonds. The molecule has 0 fully saturated rings. The fourth-order valence-corrected chi connectivity index (χ4v) is 3.72. The van der Waals surface area contributed by atoms with Crippen molar-refractivity contribution in [1.29, 1.82) is 0 Å². The van der Waals surface area contributed by atoms with E-state index < -0.39 is 0 Å².